The van der Waals surface area contributed by atoms with Gasteiger partial charge < -0.3 is 11.5 Å². The largest absolute Gasteiger partial charge is 0.370 e. The molecule has 1 aromatic carbocycles. The number of primary amides is 1. The van der Waals surface area contributed by atoms with Gasteiger partial charge in [-0.25, -0.2) is 0 Å². The van der Waals surface area contributed by atoms with Crippen molar-refractivity contribution < 1.29 is 4.79 Å². The molecule has 3 heteroatoms. The first-order valence-electron chi connectivity index (χ1n) is 7.47. The minimum atomic E-state index is -0.267. The predicted molar refractivity (Wildman–Crippen MR) is 84.2 cm³/mol. The molecule has 112 valence electrons. The molecular formula is C17H28N2O. The van der Waals surface area contributed by atoms with Crippen molar-refractivity contribution >= 4 is 5.91 Å². The third-order valence-corrected chi connectivity index (χ3v) is 3.65. The number of benzene rings is 1. The molecule has 3 nitrogen and oxygen atoms in total. The summed E-state index contributed by atoms with van der Waals surface area (Å²) < 4.78 is 0. The van der Waals surface area contributed by atoms with Crippen molar-refractivity contribution in [1.82, 2.24) is 0 Å². The van der Waals surface area contributed by atoms with E-state index in [1.165, 1.54) is 18.4 Å². The molecule has 0 fully saturated rings. The second-order valence-corrected chi connectivity index (χ2v) is 6.46. The second kappa shape index (κ2) is 7.44. The summed E-state index contributed by atoms with van der Waals surface area (Å²) in [7, 11) is 0. The van der Waals surface area contributed by atoms with Gasteiger partial charge in [0.15, 0.2) is 0 Å². The predicted octanol–water partition coefficient (Wildman–Crippen LogP) is 3.32. The molecule has 1 atom stereocenters. The fourth-order valence-corrected chi connectivity index (χ4v) is 2.57. The third kappa shape index (κ3) is 5.74. The summed E-state index contributed by atoms with van der Waals surface area (Å²) in [6, 6.07) is 8.48. The fourth-order valence-electron chi connectivity index (χ4n) is 2.57. The minimum absolute atomic E-state index is 0.0513. The minimum Gasteiger partial charge on any atom is -0.370 e. The molecule has 0 heterocycles. The van der Waals surface area contributed by atoms with Crippen LogP contribution in [0, 0.1) is 5.41 Å². The van der Waals surface area contributed by atoms with Gasteiger partial charge in [0.05, 0.1) is 0 Å². The third-order valence-electron chi connectivity index (χ3n) is 3.65. The molecule has 0 saturated carbocycles. The van der Waals surface area contributed by atoms with Crippen LogP contribution in [0.2, 0.25) is 0 Å². The van der Waals surface area contributed by atoms with E-state index in [1.54, 1.807) is 0 Å². The Morgan fingerprint density at radius 3 is 2.35 bits per heavy atom. The molecule has 0 radical (unpaired) electrons. The van der Waals surface area contributed by atoms with E-state index in [9.17, 15) is 4.79 Å². The number of unbranched alkanes of at least 4 members (excludes halogenated alkanes) is 1. The van der Waals surface area contributed by atoms with Gasteiger partial charge in [0.1, 0.15) is 0 Å². The Morgan fingerprint density at radius 1 is 1.25 bits per heavy atom. The molecule has 1 unspecified atom stereocenters. The maximum atomic E-state index is 11.1. The maximum Gasteiger partial charge on any atom is 0.217 e. The lowest BCUT2D eigenvalue weighted by atomic mass is 9.81. The zero-order valence-electron chi connectivity index (χ0n) is 13.0. The van der Waals surface area contributed by atoms with Crippen molar-refractivity contribution in [2.45, 2.75) is 58.9 Å². The van der Waals surface area contributed by atoms with Gasteiger partial charge in [0.2, 0.25) is 5.91 Å². The average Bonchev–Trinajstić information content (AvgIpc) is 2.34. The monoisotopic (exact) mass is 276 g/mol. The van der Waals surface area contributed by atoms with Gasteiger partial charge in [0, 0.05) is 12.5 Å². The Hall–Kier alpha value is -1.35. The van der Waals surface area contributed by atoms with Crippen molar-refractivity contribution in [1.29, 1.82) is 0 Å². The van der Waals surface area contributed by atoms with Crippen molar-refractivity contribution in [3.05, 3.63) is 35.4 Å². The van der Waals surface area contributed by atoms with Crippen LogP contribution < -0.4 is 11.5 Å². The van der Waals surface area contributed by atoms with Crippen LogP contribution in [0.1, 0.15) is 63.6 Å². The molecule has 0 aliphatic carbocycles. The lowest BCUT2D eigenvalue weighted by Crippen LogP contribution is -2.27. The summed E-state index contributed by atoms with van der Waals surface area (Å²) in [6.45, 7) is 6.27. The number of amides is 1. The normalized spacial score (nSPS) is 13.2. The number of hydrogen-bond acceptors (Lipinski definition) is 2. The standard InChI is InChI=1S/C17H28N2O/c1-4-5-6-13-7-9-14(10-8-13)15(18)11-17(2,3)12-16(19)20/h7-10,15H,4-6,11-12,18H2,1-3H3,(H2,19,20). The summed E-state index contributed by atoms with van der Waals surface area (Å²) in [4.78, 5) is 11.1. The van der Waals surface area contributed by atoms with Gasteiger partial charge >= 0.3 is 0 Å². The molecule has 0 saturated heterocycles. The first kappa shape index (κ1) is 16.7. The highest BCUT2D eigenvalue weighted by Gasteiger charge is 2.24. The van der Waals surface area contributed by atoms with E-state index in [1.807, 2.05) is 13.8 Å². The molecule has 0 aromatic heterocycles. The van der Waals surface area contributed by atoms with Gasteiger partial charge in [-0.1, -0.05) is 51.5 Å². The molecule has 0 bridgehead atoms. The molecule has 1 amide bonds. The number of hydrogen-bond donors (Lipinski definition) is 2. The summed E-state index contributed by atoms with van der Waals surface area (Å²) in [5.41, 5.74) is 13.9. The average molecular weight is 276 g/mol. The summed E-state index contributed by atoms with van der Waals surface area (Å²) in [5, 5.41) is 0. The Morgan fingerprint density at radius 2 is 1.85 bits per heavy atom. The first-order chi connectivity index (χ1) is 9.34. The Balaban J connectivity index is 2.63. The lowest BCUT2D eigenvalue weighted by Gasteiger charge is -2.27. The molecule has 4 N–H and O–H groups in total. The molecule has 1 aromatic rings. The Labute approximate surface area is 122 Å². The van der Waals surface area contributed by atoms with Crippen LogP contribution >= 0.6 is 0 Å². The van der Waals surface area contributed by atoms with Crippen LogP contribution in [-0.2, 0) is 11.2 Å². The number of nitrogens with two attached hydrogens (primary N) is 2. The number of carbonyl (C=O) groups excluding carboxylic acids is 1. The van der Waals surface area contributed by atoms with Crippen molar-refractivity contribution in [2.75, 3.05) is 0 Å². The van der Waals surface area contributed by atoms with Crippen molar-refractivity contribution in [3.63, 3.8) is 0 Å². The van der Waals surface area contributed by atoms with Gasteiger partial charge in [-0.15, -0.1) is 0 Å². The van der Waals surface area contributed by atoms with Crippen molar-refractivity contribution in [2.24, 2.45) is 16.9 Å². The molecular weight excluding hydrogens is 248 g/mol. The molecule has 20 heavy (non-hydrogen) atoms. The smallest absolute Gasteiger partial charge is 0.217 e. The van der Waals surface area contributed by atoms with E-state index in [0.29, 0.717) is 6.42 Å². The van der Waals surface area contributed by atoms with E-state index < -0.39 is 0 Å². The van der Waals surface area contributed by atoms with Gasteiger partial charge in [-0.2, -0.15) is 0 Å². The quantitative estimate of drug-likeness (QED) is 0.764. The Bertz CT molecular complexity index is 423. The van der Waals surface area contributed by atoms with Crippen LogP contribution in [0.4, 0.5) is 0 Å². The molecule has 0 spiro atoms. The lowest BCUT2D eigenvalue weighted by molar-refractivity contribution is -0.120. The summed E-state index contributed by atoms with van der Waals surface area (Å²) >= 11 is 0. The molecule has 1 rings (SSSR count). The second-order valence-electron chi connectivity index (χ2n) is 6.46. The van der Waals surface area contributed by atoms with E-state index in [0.717, 1.165) is 18.4 Å². The van der Waals surface area contributed by atoms with Crippen LogP contribution in [0.5, 0.6) is 0 Å². The van der Waals surface area contributed by atoms with Gasteiger partial charge in [-0.05, 0) is 35.8 Å². The maximum absolute atomic E-state index is 11.1. The molecule has 0 aliphatic heterocycles. The highest BCUT2D eigenvalue weighted by Crippen LogP contribution is 2.31. The van der Waals surface area contributed by atoms with Crippen molar-refractivity contribution in [3.8, 4) is 0 Å². The van der Waals surface area contributed by atoms with Crippen LogP contribution in [0.25, 0.3) is 0 Å². The summed E-state index contributed by atoms with van der Waals surface area (Å²) in [6.07, 6.45) is 4.68. The van der Waals surface area contributed by atoms with E-state index >= 15 is 0 Å². The van der Waals surface area contributed by atoms with Gasteiger partial charge in [0.25, 0.3) is 0 Å². The van der Waals surface area contributed by atoms with Crippen LogP contribution in [0.15, 0.2) is 24.3 Å². The van der Waals surface area contributed by atoms with Gasteiger partial charge in [-0.3, -0.25) is 4.79 Å². The van der Waals surface area contributed by atoms with Crippen LogP contribution in [-0.4, -0.2) is 5.91 Å². The van der Waals surface area contributed by atoms with E-state index in [4.69, 9.17) is 11.5 Å². The molecule has 0 aliphatic rings. The summed E-state index contributed by atoms with van der Waals surface area (Å²) in [5.74, 6) is -0.267. The topological polar surface area (TPSA) is 69.1 Å². The zero-order valence-corrected chi connectivity index (χ0v) is 13.0. The highest BCUT2D eigenvalue weighted by molar-refractivity contribution is 5.74. The van der Waals surface area contributed by atoms with Crippen LogP contribution in [0.3, 0.4) is 0 Å². The highest BCUT2D eigenvalue weighted by atomic mass is 16.1. The number of rotatable bonds is 8. The van der Waals surface area contributed by atoms with E-state index in [-0.39, 0.29) is 17.4 Å². The Kier molecular flexibility index (Phi) is 6.21. The SMILES string of the molecule is CCCCc1ccc(C(N)CC(C)(C)CC(N)=O)cc1. The fraction of sp³-hybridized carbons (Fsp3) is 0.588. The number of aryl methyl sites for hydroxylation is 1. The van der Waals surface area contributed by atoms with E-state index in [2.05, 4.69) is 31.2 Å². The first-order valence-corrected chi connectivity index (χ1v) is 7.47. The zero-order chi connectivity index (χ0) is 15.2. The number of carbonyl (C=O) groups is 1.